The summed E-state index contributed by atoms with van der Waals surface area (Å²) in [4.78, 5) is 0. The van der Waals surface area contributed by atoms with Crippen LogP contribution in [0.1, 0.15) is 42.5 Å². The smallest absolute Gasteiger partial charge is 0.137 e. The third-order valence-corrected chi connectivity index (χ3v) is 4.10. The summed E-state index contributed by atoms with van der Waals surface area (Å²) in [5.41, 5.74) is 9.32. The molecule has 2 aromatic carbocycles. The molecule has 0 fully saturated rings. The van der Waals surface area contributed by atoms with E-state index in [0.29, 0.717) is 4.47 Å². The van der Waals surface area contributed by atoms with Crippen molar-refractivity contribution in [1.82, 2.24) is 0 Å². The fourth-order valence-corrected chi connectivity index (χ4v) is 2.42. The first-order valence-corrected chi connectivity index (χ1v) is 7.70. The van der Waals surface area contributed by atoms with E-state index in [1.165, 1.54) is 24.5 Å². The van der Waals surface area contributed by atoms with Crippen molar-refractivity contribution in [3.8, 4) is 0 Å². The zero-order valence-corrected chi connectivity index (χ0v) is 13.2. The van der Waals surface area contributed by atoms with Gasteiger partial charge in [-0.25, -0.2) is 4.39 Å². The molecule has 0 aromatic heterocycles. The zero-order chi connectivity index (χ0) is 14.5. The molecule has 1 atom stereocenters. The Morgan fingerprint density at radius 2 is 1.75 bits per heavy atom. The summed E-state index contributed by atoms with van der Waals surface area (Å²) in [5.74, 6) is -0.280. The van der Waals surface area contributed by atoms with Gasteiger partial charge in [0, 0.05) is 0 Å². The van der Waals surface area contributed by atoms with Gasteiger partial charge in [0.15, 0.2) is 0 Å². The molecule has 3 heteroatoms. The summed E-state index contributed by atoms with van der Waals surface area (Å²) in [6, 6.07) is 13.0. The number of nitrogens with two attached hydrogens (primary N) is 1. The summed E-state index contributed by atoms with van der Waals surface area (Å²) in [6.07, 6.45) is 3.49. The molecular formula is C17H19BrFN. The Morgan fingerprint density at radius 1 is 1.10 bits per heavy atom. The molecule has 0 aliphatic rings. The minimum Gasteiger partial charge on any atom is -0.320 e. The number of rotatable bonds is 5. The predicted octanol–water partition coefficient (Wildman–Crippen LogP) is 4.98. The van der Waals surface area contributed by atoms with Crippen LogP contribution in [0.3, 0.4) is 0 Å². The lowest BCUT2D eigenvalue weighted by atomic mass is 9.97. The molecule has 0 spiro atoms. The van der Waals surface area contributed by atoms with Gasteiger partial charge in [0.05, 0.1) is 10.5 Å². The van der Waals surface area contributed by atoms with Gasteiger partial charge in [-0.3, -0.25) is 0 Å². The second kappa shape index (κ2) is 7.00. The summed E-state index contributed by atoms with van der Waals surface area (Å²) >= 11 is 3.15. The number of unbranched alkanes of at least 4 members (excludes halogenated alkanes) is 1. The van der Waals surface area contributed by atoms with Crippen molar-refractivity contribution in [1.29, 1.82) is 0 Å². The molecule has 0 amide bonds. The van der Waals surface area contributed by atoms with E-state index in [0.717, 1.165) is 17.5 Å². The van der Waals surface area contributed by atoms with Crippen molar-refractivity contribution in [3.05, 3.63) is 69.4 Å². The molecular weight excluding hydrogens is 317 g/mol. The van der Waals surface area contributed by atoms with Crippen LogP contribution in [-0.2, 0) is 6.42 Å². The molecule has 0 aliphatic carbocycles. The fraction of sp³-hybridized carbons (Fsp3) is 0.294. The van der Waals surface area contributed by atoms with E-state index in [4.69, 9.17) is 5.73 Å². The number of hydrogen-bond acceptors (Lipinski definition) is 1. The number of aryl methyl sites for hydroxylation is 1. The summed E-state index contributed by atoms with van der Waals surface area (Å²) in [5, 5.41) is 0. The van der Waals surface area contributed by atoms with Gasteiger partial charge in [0.25, 0.3) is 0 Å². The highest BCUT2D eigenvalue weighted by molar-refractivity contribution is 9.10. The van der Waals surface area contributed by atoms with Crippen LogP contribution in [0.5, 0.6) is 0 Å². The van der Waals surface area contributed by atoms with Crippen LogP contribution in [0.2, 0.25) is 0 Å². The minimum absolute atomic E-state index is 0.280. The Balaban J connectivity index is 2.15. The Hall–Kier alpha value is -1.19. The van der Waals surface area contributed by atoms with Crippen molar-refractivity contribution in [2.75, 3.05) is 0 Å². The lowest BCUT2D eigenvalue weighted by Crippen LogP contribution is -2.12. The van der Waals surface area contributed by atoms with E-state index in [-0.39, 0.29) is 11.9 Å². The van der Waals surface area contributed by atoms with Crippen LogP contribution in [0.25, 0.3) is 0 Å². The van der Waals surface area contributed by atoms with Crippen LogP contribution < -0.4 is 5.73 Å². The maximum Gasteiger partial charge on any atom is 0.137 e. The molecule has 0 radical (unpaired) electrons. The third-order valence-electron chi connectivity index (χ3n) is 3.46. The Labute approximate surface area is 128 Å². The van der Waals surface area contributed by atoms with Gasteiger partial charge in [-0.2, -0.15) is 0 Å². The first-order chi connectivity index (χ1) is 9.61. The van der Waals surface area contributed by atoms with E-state index in [1.807, 2.05) is 18.2 Å². The Morgan fingerprint density at radius 3 is 2.35 bits per heavy atom. The lowest BCUT2D eigenvalue weighted by molar-refractivity contribution is 0.617. The number of benzene rings is 2. The SMILES string of the molecule is CCCCc1ccc(C(N)c2ccc(Br)c(F)c2)cc1. The maximum atomic E-state index is 13.6. The van der Waals surface area contributed by atoms with Gasteiger partial charge in [-0.05, 0) is 57.6 Å². The van der Waals surface area contributed by atoms with Gasteiger partial charge in [0.2, 0.25) is 0 Å². The zero-order valence-electron chi connectivity index (χ0n) is 11.6. The molecule has 2 aromatic rings. The number of hydrogen-bond donors (Lipinski definition) is 1. The molecule has 1 unspecified atom stereocenters. The average molecular weight is 336 g/mol. The molecule has 1 nitrogen and oxygen atoms in total. The molecule has 2 rings (SSSR count). The maximum absolute atomic E-state index is 13.6. The van der Waals surface area contributed by atoms with Crippen molar-refractivity contribution < 1.29 is 4.39 Å². The molecule has 0 saturated carbocycles. The molecule has 0 aliphatic heterocycles. The van der Waals surface area contributed by atoms with E-state index >= 15 is 0 Å². The van der Waals surface area contributed by atoms with Crippen molar-refractivity contribution in [2.45, 2.75) is 32.2 Å². The first-order valence-electron chi connectivity index (χ1n) is 6.91. The van der Waals surface area contributed by atoms with Crippen molar-refractivity contribution in [3.63, 3.8) is 0 Å². The summed E-state index contributed by atoms with van der Waals surface area (Å²) < 4.78 is 14.0. The largest absolute Gasteiger partial charge is 0.320 e. The average Bonchev–Trinajstić information content (AvgIpc) is 2.48. The Kier molecular flexibility index (Phi) is 5.32. The summed E-state index contributed by atoms with van der Waals surface area (Å²) in [6.45, 7) is 2.19. The molecule has 0 bridgehead atoms. The van der Waals surface area contributed by atoms with Gasteiger partial charge in [-0.1, -0.05) is 43.7 Å². The highest BCUT2D eigenvalue weighted by atomic mass is 79.9. The quantitative estimate of drug-likeness (QED) is 0.819. The van der Waals surface area contributed by atoms with E-state index in [9.17, 15) is 4.39 Å². The van der Waals surface area contributed by atoms with Crippen LogP contribution in [0.15, 0.2) is 46.9 Å². The predicted molar refractivity (Wildman–Crippen MR) is 85.2 cm³/mol. The summed E-state index contributed by atoms with van der Waals surface area (Å²) in [7, 11) is 0. The third kappa shape index (κ3) is 3.68. The monoisotopic (exact) mass is 335 g/mol. The second-order valence-electron chi connectivity index (χ2n) is 5.00. The van der Waals surface area contributed by atoms with Crippen LogP contribution >= 0.6 is 15.9 Å². The fourth-order valence-electron chi connectivity index (χ4n) is 2.17. The van der Waals surface area contributed by atoms with Gasteiger partial charge < -0.3 is 5.73 Å². The van der Waals surface area contributed by atoms with Gasteiger partial charge in [-0.15, -0.1) is 0 Å². The number of halogens is 2. The highest BCUT2D eigenvalue weighted by Crippen LogP contribution is 2.24. The topological polar surface area (TPSA) is 26.0 Å². The van der Waals surface area contributed by atoms with Crippen molar-refractivity contribution in [2.24, 2.45) is 5.73 Å². The van der Waals surface area contributed by atoms with E-state index in [1.54, 1.807) is 6.07 Å². The highest BCUT2D eigenvalue weighted by Gasteiger charge is 2.11. The Bertz CT molecular complexity index is 566. The lowest BCUT2D eigenvalue weighted by Gasteiger charge is -2.13. The normalized spacial score (nSPS) is 12.4. The van der Waals surface area contributed by atoms with E-state index < -0.39 is 0 Å². The van der Waals surface area contributed by atoms with Crippen molar-refractivity contribution >= 4 is 15.9 Å². The molecule has 0 saturated heterocycles. The molecule has 20 heavy (non-hydrogen) atoms. The first kappa shape index (κ1) is 15.2. The standard InChI is InChI=1S/C17H19BrFN/c1-2-3-4-12-5-7-13(8-6-12)17(20)14-9-10-15(18)16(19)11-14/h5-11,17H,2-4,20H2,1H3. The van der Waals surface area contributed by atoms with Gasteiger partial charge >= 0.3 is 0 Å². The van der Waals surface area contributed by atoms with Gasteiger partial charge in [0.1, 0.15) is 5.82 Å². The molecule has 106 valence electrons. The van der Waals surface area contributed by atoms with Crippen LogP contribution in [0.4, 0.5) is 4.39 Å². The van der Waals surface area contributed by atoms with E-state index in [2.05, 4.69) is 35.0 Å². The van der Waals surface area contributed by atoms with Crippen LogP contribution in [-0.4, -0.2) is 0 Å². The second-order valence-corrected chi connectivity index (χ2v) is 5.85. The minimum atomic E-state index is -0.294. The molecule has 2 N–H and O–H groups in total. The molecule has 0 heterocycles. The van der Waals surface area contributed by atoms with Crippen LogP contribution in [0, 0.1) is 5.82 Å².